The first-order valence-electron chi connectivity index (χ1n) is 13.5. The number of rotatable bonds is 5. The third-order valence-electron chi connectivity index (χ3n) is 8.23. The Kier molecular flexibility index (Phi) is 6.36. The van der Waals surface area contributed by atoms with E-state index in [2.05, 4.69) is 20.3 Å². The molecule has 1 atom stereocenters. The summed E-state index contributed by atoms with van der Waals surface area (Å²) < 4.78 is 57.9. The van der Waals surface area contributed by atoms with Crippen molar-refractivity contribution in [2.45, 2.75) is 69.8 Å². The van der Waals surface area contributed by atoms with Crippen LogP contribution in [0, 0.1) is 12.7 Å². The van der Waals surface area contributed by atoms with Crippen molar-refractivity contribution >= 4 is 11.7 Å². The van der Waals surface area contributed by atoms with E-state index in [9.17, 15) is 27.5 Å². The number of piperidine rings is 1. The van der Waals surface area contributed by atoms with Gasteiger partial charge in [0.15, 0.2) is 11.2 Å². The Labute approximate surface area is 228 Å². The first-order valence-corrected chi connectivity index (χ1v) is 13.5. The van der Waals surface area contributed by atoms with E-state index >= 15 is 0 Å². The number of likely N-dealkylation sites (tertiary alicyclic amines) is 1. The van der Waals surface area contributed by atoms with Crippen molar-refractivity contribution in [3.8, 4) is 11.4 Å². The summed E-state index contributed by atoms with van der Waals surface area (Å²) >= 11 is 0. The highest BCUT2D eigenvalue weighted by molar-refractivity contribution is 5.88. The van der Waals surface area contributed by atoms with Gasteiger partial charge in [0.1, 0.15) is 23.3 Å². The van der Waals surface area contributed by atoms with Gasteiger partial charge in [0.05, 0.1) is 22.8 Å². The maximum absolute atomic E-state index is 14.9. The topological polar surface area (TPSA) is 95.6 Å². The van der Waals surface area contributed by atoms with E-state index in [4.69, 9.17) is 0 Å². The second kappa shape index (κ2) is 9.53. The number of aryl methyl sites for hydroxylation is 1. The molecule has 0 bridgehead atoms. The van der Waals surface area contributed by atoms with Gasteiger partial charge in [0.25, 0.3) is 12.3 Å². The molecular formula is C28H30F4N6O2. The minimum Gasteiger partial charge on any atom is -0.385 e. The van der Waals surface area contributed by atoms with Gasteiger partial charge in [0, 0.05) is 37.3 Å². The van der Waals surface area contributed by atoms with Crippen LogP contribution in [0.4, 0.5) is 23.4 Å². The van der Waals surface area contributed by atoms with Gasteiger partial charge in [-0.25, -0.2) is 27.5 Å². The van der Waals surface area contributed by atoms with Crippen molar-refractivity contribution in [2.75, 3.05) is 25.0 Å². The minimum atomic E-state index is -2.95. The maximum Gasteiger partial charge on any atom is 0.266 e. The van der Waals surface area contributed by atoms with Crippen molar-refractivity contribution in [3.05, 3.63) is 58.1 Å². The summed E-state index contributed by atoms with van der Waals surface area (Å²) in [5.41, 5.74) is -2.35. The number of aromatic nitrogens is 3. The van der Waals surface area contributed by atoms with E-state index in [-0.39, 0.29) is 49.8 Å². The van der Waals surface area contributed by atoms with E-state index in [1.165, 1.54) is 17.0 Å². The summed E-state index contributed by atoms with van der Waals surface area (Å²) in [6, 6.07) is 4.79. The van der Waals surface area contributed by atoms with Crippen LogP contribution in [0.15, 0.2) is 29.3 Å². The second-order valence-corrected chi connectivity index (χ2v) is 11.0. The standard InChI is InChI=1S/C28H30F4N6O2/c1-15(17-4-3-5-18(21(17)29)22(30)31)34-23-19-14-20(25-33-10-13-38(25)24(19)36-16(2)35-23)28(40)8-11-37(12-9-28)26(39)27(32)6-7-27/h3-5,14-15,22,33,40H,6-13H2,1-2H3/t15-/m1/s1. The van der Waals surface area contributed by atoms with Gasteiger partial charge in [-0.3, -0.25) is 9.79 Å². The van der Waals surface area contributed by atoms with Crippen LogP contribution in [0.3, 0.4) is 0 Å². The molecule has 12 heteroatoms. The van der Waals surface area contributed by atoms with Crippen LogP contribution < -0.4 is 10.8 Å². The van der Waals surface area contributed by atoms with Crippen molar-refractivity contribution in [2.24, 2.45) is 4.99 Å². The van der Waals surface area contributed by atoms with Crippen LogP contribution in [0.25, 0.3) is 11.4 Å². The number of alkyl halides is 3. The Balaban J connectivity index is 1.42. The third kappa shape index (κ3) is 4.42. The molecule has 40 heavy (non-hydrogen) atoms. The molecule has 6 rings (SSSR count). The molecule has 212 valence electrons. The zero-order valence-corrected chi connectivity index (χ0v) is 22.2. The predicted octanol–water partition coefficient (Wildman–Crippen LogP) is 4.17. The second-order valence-electron chi connectivity index (χ2n) is 11.0. The normalized spacial score (nSPS) is 20.5. The Hall–Kier alpha value is -3.54. The summed E-state index contributed by atoms with van der Waals surface area (Å²) in [7, 11) is 0. The lowest BCUT2D eigenvalue weighted by molar-refractivity contribution is -0.142. The Morgan fingerprint density at radius 2 is 1.82 bits per heavy atom. The number of carbonyl (C=O) groups is 1. The fourth-order valence-electron chi connectivity index (χ4n) is 5.77. The highest BCUT2D eigenvalue weighted by atomic mass is 19.3. The molecular weight excluding hydrogens is 528 g/mol. The maximum atomic E-state index is 14.9. The van der Waals surface area contributed by atoms with E-state index < -0.39 is 41.0 Å². The molecule has 0 unspecified atom stereocenters. The Morgan fingerprint density at radius 3 is 2.50 bits per heavy atom. The van der Waals surface area contributed by atoms with E-state index in [0.717, 1.165) is 6.07 Å². The quantitative estimate of drug-likeness (QED) is 0.459. The van der Waals surface area contributed by atoms with Crippen LogP contribution in [0.2, 0.25) is 0 Å². The molecule has 0 aromatic heterocycles. The molecule has 5 aliphatic rings. The zero-order chi connectivity index (χ0) is 28.4. The van der Waals surface area contributed by atoms with Gasteiger partial charge in [-0.05, 0) is 45.6 Å². The number of halogens is 4. The number of aliphatic hydroxyl groups is 1. The highest BCUT2D eigenvalue weighted by Crippen LogP contribution is 2.45. The van der Waals surface area contributed by atoms with E-state index in [1.54, 1.807) is 19.9 Å². The zero-order valence-electron chi connectivity index (χ0n) is 22.2. The molecule has 0 spiro atoms. The van der Waals surface area contributed by atoms with Gasteiger partial charge >= 0.3 is 0 Å². The SMILES string of the molecule is Cc1nc2n3c(c(C4(O)CCN(C(=O)C5(F)CC5)CC4)cc-2c(=N[C@H](C)c2cccc(C(F)F)c2F)n1)NCC3. The number of hydrogen-bond donors (Lipinski definition) is 2. The van der Waals surface area contributed by atoms with Crippen molar-refractivity contribution in [3.63, 3.8) is 0 Å². The number of nitrogens with zero attached hydrogens (tertiary/aromatic N) is 5. The number of benzene rings is 1. The lowest BCUT2D eigenvalue weighted by atomic mass is 9.83. The average Bonchev–Trinajstić information content (AvgIpc) is 3.47. The first-order chi connectivity index (χ1) is 19.0. The molecule has 1 amide bonds. The van der Waals surface area contributed by atoms with Crippen LogP contribution in [0.5, 0.6) is 0 Å². The van der Waals surface area contributed by atoms with Crippen molar-refractivity contribution in [1.29, 1.82) is 0 Å². The van der Waals surface area contributed by atoms with Crippen LogP contribution >= 0.6 is 0 Å². The molecule has 1 aromatic rings. The molecule has 1 aromatic carbocycles. The van der Waals surface area contributed by atoms with Gasteiger partial charge in [-0.15, -0.1) is 0 Å². The molecule has 4 aliphatic heterocycles. The molecule has 4 heterocycles. The minimum absolute atomic E-state index is 0.0230. The Bertz CT molecular complexity index is 1530. The first kappa shape index (κ1) is 26.7. The summed E-state index contributed by atoms with van der Waals surface area (Å²) in [5.74, 6) is 0.203. The summed E-state index contributed by atoms with van der Waals surface area (Å²) in [6.07, 6.45) is -2.03. The molecule has 1 saturated heterocycles. The van der Waals surface area contributed by atoms with Crippen molar-refractivity contribution < 1.29 is 27.5 Å². The molecule has 1 aliphatic carbocycles. The molecule has 2 N–H and O–H groups in total. The summed E-state index contributed by atoms with van der Waals surface area (Å²) in [5, 5.41) is 15.2. The van der Waals surface area contributed by atoms with Crippen LogP contribution in [0.1, 0.15) is 67.6 Å². The highest BCUT2D eigenvalue weighted by Gasteiger charge is 2.54. The summed E-state index contributed by atoms with van der Waals surface area (Å²) in [4.78, 5) is 27.8. The smallest absolute Gasteiger partial charge is 0.266 e. The number of pyridine rings is 1. The summed E-state index contributed by atoms with van der Waals surface area (Å²) in [6.45, 7) is 4.93. The van der Waals surface area contributed by atoms with E-state index in [0.29, 0.717) is 41.7 Å². The number of amides is 1. The van der Waals surface area contributed by atoms with E-state index in [1.807, 2.05) is 4.57 Å². The van der Waals surface area contributed by atoms with Crippen molar-refractivity contribution in [1.82, 2.24) is 19.4 Å². The average molecular weight is 559 g/mol. The number of carbonyl (C=O) groups excluding carboxylic acids is 1. The molecule has 8 nitrogen and oxygen atoms in total. The molecule has 0 radical (unpaired) electrons. The number of nitrogens with one attached hydrogen (secondary N) is 1. The van der Waals surface area contributed by atoms with Gasteiger partial charge in [-0.1, -0.05) is 18.2 Å². The Morgan fingerprint density at radius 1 is 1.12 bits per heavy atom. The number of anilines is 1. The van der Waals surface area contributed by atoms with Crippen LogP contribution in [-0.4, -0.2) is 55.8 Å². The largest absolute Gasteiger partial charge is 0.385 e. The predicted molar refractivity (Wildman–Crippen MR) is 138 cm³/mol. The fourth-order valence-corrected chi connectivity index (χ4v) is 5.77. The number of fused-ring (bicyclic) bond motifs is 3. The third-order valence-corrected chi connectivity index (χ3v) is 8.23. The van der Waals surface area contributed by atoms with Gasteiger partial charge in [-0.2, -0.15) is 0 Å². The fraction of sp³-hybridized carbons (Fsp3) is 0.500. The molecule has 1 saturated carbocycles. The number of hydrogen-bond acceptors (Lipinski definition) is 6. The lowest BCUT2D eigenvalue weighted by Gasteiger charge is -2.40. The molecule has 2 fully saturated rings. The lowest BCUT2D eigenvalue weighted by Crippen LogP contribution is -2.48. The van der Waals surface area contributed by atoms with Gasteiger partial charge in [0.2, 0.25) is 0 Å². The monoisotopic (exact) mass is 558 g/mol. The van der Waals surface area contributed by atoms with Crippen LogP contribution in [-0.2, 0) is 16.9 Å². The van der Waals surface area contributed by atoms with Gasteiger partial charge < -0.3 is 19.9 Å².